The highest BCUT2D eigenvalue weighted by Gasteiger charge is 2.74. The molecule has 0 aromatic rings. The van der Waals surface area contributed by atoms with Gasteiger partial charge in [-0.1, -0.05) is 13.0 Å². The normalized spacial score (nSPS) is 33.0. The molecule has 1 N–H and O–H groups in total. The summed E-state index contributed by atoms with van der Waals surface area (Å²) in [6, 6.07) is -1.18. The topological polar surface area (TPSA) is 99.6 Å². The highest BCUT2D eigenvalue weighted by atomic mass is 32.2. The van der Waals surface area contributed by atoms with E-state index in [0.29, 0.717) is 39.1 Å². The quantitative estimate of drug-likeness (QED) is 0.322. The number of rotatable bonds is 11. The lowest BCUT2D eigenvalue weighted by molar-refractivity contribution is -0.154. The van der Waals surface area contributed by atoms with Gasteiger partial charge in [-0.2, -0.15) is 0 Å². The fraction of sp³-hybridized carbons (Fsp3) is 0.800. The van der Waals surface area contributed by atoms with Gasteiger partial charge < -0.3 is 24.4 Å². The molecule has 9 nitrogen and oxygen atoms in total. The number of ether oxygens (including phenoxy) is 2. The number of thioether (sulfide) groups is 1. The van der Waals surface area contributed by atoms with Gasteiger partial charge in [0.15, 0.2) is 0 Å². The molecule has 35 heavy (non-hydrogen) atoms. The molecule has 4 rings (SSSR count). The summed E-state index contributed by atoms with van der Waals surface area (Å²) in [6.45, 7) is 12.2. The van der Waals surface area contributed by atoms with Gasteiger partial charge in [-0.3, -0.25) is 19.3 Å². The molecule has 6 atom stereocenters. The minimum atomic E-state index is -0.712. The number of carbonyl (C=O) groups is 3. The van der Waals surface area contributed by atoms with E-state index < -0.39 is 28.7 Å². The monoisotopic (exact) mass is 509 g/mol. The Morgan fingerprint density at radius 1 is 1.37 bits per heavy atom. The molecule has 10 heteroatoms. The lowest BCUT2D eigenvalue weighted by atomic mass is 9.71. The summed E-state index contributed by atoms with van der Waals surface area (Å²) in [4.78, 5) is 46.8. The van der Waals surface area contributed by atoms with Gasteiger partial charge in [0.25, 0.3) is 0 Å². The largest absolute Gasteiger partial charge is 0.466 e. The molecule has 196 valence electrons. The van der Waals surface area contributed by atoms with Crippen molar-refractivity contribution in [3.8, 4) is 0 Å². The number of aliphatic hydroxyl groups is 1. The van der Waals surface area contributed by atoms with Gasteiger partial charge in [0, 0.05) is 38.0 Å². The van der Waals surface area contributed by atoms with Gasteiger partial charge in [-0.15, -0.1) is 18.3 Å². The molecule has 1 spiro atoms. The van der Waals surface area contributed by atoms with Crippen LogP contribution in [0.3, 0.4) is 0 Å². The van der Waals surface area contributed by atoms with Crippen LogP contribution < -0.4 is 0 Å². The Balaban J connectivity index is 1.65. The van der Waals surface area contributed by atoms with Crippen LogP contribution in [0.4, 0.5) is 0 Å². The van der Waals surface area contributed by atoms with Gasteiger partial charge >= 0.3 is 5.97 Å². The van der Waals surface area contributed by atoms with E-state index in [2.05, 4.69) is 11.5 Å². The Labute approximate surface area is 212 Å². The number of nitrogens with zero attached hydrogens (tertiary/aromatic N) is 3. The number of amides is 2. The summed E-state index contributed by atoms with van der Waals surface area (Å²) in [5.41, 5.74) is 0. The first-order valence-electron chi connectivity index (χ1n) is 12.9. The van der Waals surface area contributed by atoms with Gasteiger partial charge in [0.05, 0.1) is 49.1 Å². The Morgan fingerprint density at radius 3 is 2.74 bits per heavy atom. The molecule has 0 aliphatic carbocycles. The van der Waals surface area contributed by atoms with Crippen molar-refractivity contribution in [1.82, 2.24) is 14.7 Å². The second-order valence-electron chi connectivity index (χ2n) is 9.83. The van der Waals surface area contributed by atoms with Crippen molar-refractivity contribution in [2.24, 2.45) is 11.8 Å². The van der Waals surface area contributed by atoms with Gasteiger partial charge in [-0.05, 0) is 26.2 Å². The molecular weight excluding hydrogens is 470 g/mol. The van der Waals surface area contributed by atoms with E-state index in [1.165, 1.54) is 0 Å². The number of morpholine rings is 1. The molecule has 4 aliphatic heterocycles. The minimum absolute atomic E-state index is 0.0177. The average Bonchev–Trinajstić information content (AvgIpc) is 3.51. The van der Waals surface area contributed by atoms with Crippen LogP contribution in [-0.2, 0) is 23.9 Å². The number of esters is 1. The van der Waals surface area contributed by atoms with Gasteiger partial charge in [0.1, 0.15) is 6.04 Å². The predicted molar refractivity (Wildman–Crippen MR) is 133 cm³/mol. The van der Waals surface area contributed by atoms with E-state index >= 15 is 0 Å². The molecule has 4 saturated heterocycles. The number of aliphatic hydroxyl groups excluding tert-OH is 1. The molecule has 4 heterocycles. The molecule has 2 bridgehead atoms. The molecule has 0 saturated carbocycles. The standard InChI is InChI=1S/C25H39N3O6S/c1-4-9-27(11-10-26-12-14-33-15-13-26)23(31)21-25-8-7-18(35-25)19(24(32)34-6-3)20(25)22(30)28(21)17(5-2)16-29/h4,17-21,29H,1,5-16H2,2-3H3/t17-,18-,19+,20-,21?,25?/m0/s1. The summed E-state index contributed by atoms with van der Waals surface area (Å²) in [7, 11) is 0. The van der Waals surface area contributed by atoms with Crippen molar-refractivity contribution in [1.29, 1.82) is 0 Å². The number of likely N-dealkylation sites (tertiary alicyclic amines) is 1. The van der Waals surface area contributed by atoms with Crippen LogP contribution in [0.5, 0.6) is 0 Å². The fourth-order valence-electron chi connectivity index (χ4n) is 6.39. The second-order valence-corrected chi connectivity index (χ2v) is 11.4. The predicted octanol–water partition coefficient (Wildman–Crippen LogP) is 0.758. The van der Waals surface area contributed by atoms with Crippen molar-refractivity contribution < 1.29 is 29.0 Å². The first-order valence-corrected chi connectivity index (χ1v) is 13.8. The van der Waals surface area contributed by atoms with Crippen LogP contribution >= 0.6 is 11.8 Å². The van der Waals surface area contributed by atoms with Gasteiger partial charge in [-0.25, -0.2) is 0 Å². The lowest BCUT2D eigenvalue weighted by Crippen LogP contribution is -2.58. The molecule has 2 amide bonds. The third-order valence-electron chi connectivity index (χ3n) is 8.06. The molecule has 0 aromatic heterocycles. The third kappa shape index (κ3) is 4.63. The van der Waals surface area contributed by atoms with E-state index in [1.807, 2.05) is 6.92 Å². The Morgan fingerprint density at radius 2 is 2.11 bits per heavy atom. The van der Waals surface area contributed by atoms with E-state index in [-0.39, 0.29) is 36.2 Å². The van der Waals surface area contributed by atoms with Crippen molar-refractivity contribution in [2.45, 2.75) is 55.2 Å². The maximum atomic E-state index is 14.3. The van der Waals surface area contributed by atoms with Crippen LogP contribution in [0.15, 0.2) is 12.7 Å². The van der Waals surface area contributed by atoms with E-state index in [9.17, 15) is 19.5 Å². The first-order chi connectivity index (χ1) is 16.9. The van der Waals surface area contributed by atoms with E-state index in [4.69, 9.17) is 9.47 Å². The summed E-state index contributed by atoms with van der Waals surface area (Å²) in [5, 5.41) is 10.1. The zero-order chi connectivity index (χ0) is 25.2. The maximum Gasteiger partial charge on any atom is 0.310 e. The Hall–Kier alpha value is -1.62. The molecule has 0 aromatic carbocycles. The van der Waals surface area contributed by atoms with Crippen molar-refractivity contribution in [2.75, 3.05) is 59.2 Å². The molecule has 4 fully saturated rings. The van der Waals surface area contributed by atoms with Crippen molar-refractivity contribution in [3.63, 3.8) is 0 Å². The molecule has 2 unspecified atom stereocenters. The van der Waals surface area contributed by atoms with Crippen LogP contribution in [0, 0.1) is 11.8 Å². The molecular formula is C25H39N3O6S. The van der Waals surface area contributed by atoms with Crippen LogP contribution in [0.1, 0.15) is 33.1 Å². The maximum absolute atomic E-state index is 14.3. The summed E-state index contributed by atoms with van der Waals surface area (Å²) in [6.07, 6.45) is 3.73. The summed E-state index contributed by atoms with van der Waals surface area (Å²) >= 11 is 1.63. The summed E-state index contributed by atoms with van der Waals surface area (Å²) in [5.74, 6) is -1.78. The zero-order valence-corrected chi connectivity index (χ0v) is 21.7. The average molecular weight is 510 g/mol. The lowest BCUT2D eigenvalue weighted by Gasteiger charge is -2.40. The Bertz CT molecular complexity index is 817. The minimum Gasteiger partial charge on any atom is -0.466 e. The van der Waals surface area contributed by atoms with Crippen LogP contribution in [0.2, 0.25) is 0 Å². The van der Waals surface area contributed by atoms with E-state index in [0.717, 1.165) is 26.1 Å². The van der Waals surface area contributed by atoms with Crippen LogP contribution in [0.25, 0.3) is 0 Å². The highest BCUT2D eigenvalue weighted by Crippen LogP contribution is 2.67. The highest BCUT2D eigenvalue weighted by molar-refractivity contribution is 8.02. The van der Waals surface area contributed by atoms with E-state index in [1.54, 1.807) is 34.6 Å². The number of hydrogen-bond acceptors (Lipinski definition) is 8. The van der Waals surface area contributed by atoms with Crippen molar-refractivity contribution >= 4 is 29.5 Å². The molecule has 4 aliphatic rings. The summed E-state index contributed by atoms with van der Waals surface area (Å²) < 4.78 is 10.1. The number of hydrogen-bond donors (Lipinski definition) is 1. The smallest absolute Gasteiger partial charge is 0.310 e. The van der Waals surface area contributed by atoms with Gasteiger partial charge in [0.2, 0.25) is 11.8 Å². The first kappa shape index (κ1) is 26.4. The fourth-order valence-corrected chi connectivity index (χ4v) is 8.58. The number of fused-ring (bicyclic) bond motifs is 1. The number of carbonyl (C=O) groups excluding carboxylic acids is 3. The zero-order valence-electron chi connectivity index (χ0n) is 20.9. The van der Waals surface area contributed by atoms with Crippen molar-refractivity contribution in [3.05, 3.63) is 12.7 Å². The van der Waals surface area contributed by atoms with Crippen LogP contribution in [-0.4, -0.2) is 119 Å². The third-order valence-corrected chi connectivity index (χ3v) is 10.0. The second kappa shape index (κ2) is 11.2. The SMILES string of the molecule is C=CCN(CCN1CCOCC1)C(=O)C1N([C@@H](CC)CO)C(=O)[C@@H]2[C@H](C(=O)OCC)[C@@H]3CCC12S3. The Kier molecular flexibility index (Phi) is 8.45. The molecule has 0 radical (unpaired) electrons.